The van der Waals surface area contributed by atoms with E-state index in [-0.39, 0.29) is 6.42 Å². The molecule has 1 fully saturated rings. The van der Waals surface area contributed by atoms with E-state index in [0.29, 0.717) is 39.1 Å². The van der Waals surface area contributed by atoms with Crippen LogP contribution >= 0.6 is 0 Å². The number of aryl methyl sites for hydroxylation is 1. The standard InChI is InChI=1S/C22H27F2NO/c1-2-26-21-11-7-6-10-19(21)16-25-15-14-22(23,24)20(17-25)13-12-18-8-4-3-5-9-18/h3-11,20H,2,12-17H2,1H3. The third-order valence-electron chi connectivity index (χ3n) is 5.13. The summed E-state index contributed by atoms with van der Waals surface area (Å²) in [6.07, 6.45) is 1.15. The van der Waals surface area contributed by atoms with E-state index in [4.69, 9.17) is 4.74 Å². The van der Waals surface area contributed by atoms with Crippen LogP contribution in [0.5, 0.6) is 5.75 Å². The Hall–Kier alpha value is -1.94. The number of nitrogens with zero attached hydrogens (tertiary/aromatic N) is 1. The molecule has 0 amide bonds. The van der Waals surface area contributed by atoms with E-state index in [2.05, 4.69) is 4.90 Å². The molecule has 1 aliphatic heterocycles. The van der Waals surface area contributed by atoms with E-state index in [9.17, 15) is 8.78 Å². The highest BCUT2D eigenvalue weighted by atomic mass is 19.3. The van der Waals surface area contributed by atoms with Gasteiger partial charge in [0.1, 0.15) is 5.75 Å². The number of piperidine rings is 1. The number of rotatable bonds is 7. The normalized spacial score (nSPS) is 20.0. The van der Waals surface area contributed by atoms with Gasteiger partial charge >= 0.3 is 0 Å². The van der Waals surface area contributed by atoms with E-state index in [1.807, 2.05) is 61.5 Å². The molecule has 2 aromatic rings. The van der Waals surface area contributed by atoms with Gasteiger partial charge in [0.15, 0.2) is 0 Å². The molecule has 0 spiro atoms. The third-order valence-corrected chi connectivity index (χ3v) is 5.13. The number of ether oxygens (including phenoxy) is 1. The quantitative estimate of drug-likeness (QED) is 0.676. The van der Waals surface area contributed by atoms with Crippen molar-refractivity contribution >= 4 is 0 Å². The summed E-state index contributed by atoms with van der Waals surface area (Å²) in [6, 6.07) is 17.8. The molecule has 1 unspecified atom stereocenters. The molecule has 0 aromatic heterocycles. The first kappa shape index (κ1) is 18.8. The minimum absolute atomic E-state index is 0.0662. The van der Waals surface area contributed by atoms with Gasteiger partial charge in [0, 0.05) is 37.5 Å². The fourth-order valence-electron chi connectivity index (χ4n) is 3.65. The second kappa shape index (κ2) is 8.63. The highest BCUT2D eigenvalue weighted by Crippen LogP contribution is 2.37. The fourth-order valence-corrected chi connectivity index (χ4v) is 3.65. The number of benzene rings is 2. The summed E-state index contributed by atoms with van der Waals surface area (Å²) in [6.45, 7) is 4.08. The Morgan fingerprint density at radius 3 is 2.58 bits per heavy atom. The van der Waals surface area contributed by atoms with Crippen molar-refractivity contribution in [2.24, 2.45) is 5.92 Å². The summed E-state index contributed by atoms with van der Waals surface area (Å²) in [7, 11) is 0. The van der Waals surface area contributed by atoms with Crippen molar-refractivity contribution < 1.29 is 13.5 Å². The number of hydrogen-bond acceptors (Lipinski definition) is 2. The minimum Gasteiger partial charge on any atom is -0.494 e. The van der Waals surface area contributed by atoms with E-state index < -0.39 is 11.8 Å². The van der Waals surface area contributed by atoms with Crippen LogP contribution in [0, 0.1) is 5.92 Å². The molecule has 1 saturated heterocycles. The van der Waals surface area contributed by atoms with Gasteiger partial charge in [0.25, 0.3) is 5.92 Å². The zero-order valence-electron chi connectivity index (χ0n) is 15.3. The van der Waals surface area contributed by atoms with Crippen LogP contribution in [0.25, 0.3) is 0 Å². The van der Waals surface area contributed by atoms with Gasteiger partial charge in [-0.1, -0.05) is 48.5 Å². The molecular weight excluding hydrogens is 332 g/mol. The molecule has 3 rings (SSSR count). The van der Waals surface area contributed by atoms with Gasteiger partial charge in [-0.2, -0.15) is 0 Å². The SMILES string of the molecule is CCOc1ccccc1CN1CCC(F)(F)C(CCc2ccccc2)C1. The zero-order valence-corrected chi connectivity index (χ0v) is 15.3. The molecular formula is C22H27F2NO. The van der Waals surface area contributed by atoms with Gasteiger partial charge < -0.3 is 4.74 Å². The fraction of sp³-hybridized carbons (Fsp3) is 0.455. The summed E-state index contributed by atoms with van der Waals surface area (Å²) < 4.78 is 34.5. The molecule has 140 valence electrons. The maximum atomic E-state index is 14.4. The number of para-hydroxylation sites is 1. The molecule has 0 radical (unpaired) electrons. The highest BCUT2D eigenvalue weighted by molar-refractivity contribution is 5.33. The summed E-state index contributed by atoms with van der Waals surface area (Å²) in [4.78, 5) is 2.14. The lowest BCUT2D eigenvalue weighted by atomic mass is 9.88. The van der Waals surface area contributed by atoms with Crippen molar-refractivity contribution in [3.8, 4) is 5.75 Å². The molecule has 0 N–H and O–H groups in total. The van der Waals surface area contributed by atoms with Gasteiger partial charge in [-0.25, -0.2) is 8.78 Å². The van der Waals surface area contributed by atoms with Gasteiger partial charge in [0.2, 0.25) is 0 Å². The van der Waals surface area contributed by atoms with Gasteiger partial charge in [-0.15, -0.1) is 0 Å². The first-order valence-corrected chi connectivity index (χ1v) is 9.43. The highest BCUT2D eigenvalue weighted by Gasteiger charge is 2.43. The molecule has 1 aliphatic rings. The molecule has 4 heteroatoms. The van der Waals surface area contributed by atoms with Crippen LogP contribution in [0.1, 0.15) is 30.9 Å². The maximum absolute atomic E-state index is 14.4. The van der Waals surface area contributed by atoms with Crippen LogP contribution in [-0.2, 0) is 13.0 Å². The van der Waals surface area contributed by atoms with Crippen molar-refractivity contribution in [1.82, 2.24) is 4.90 Å². The molecule has 0 bridgehead atoms. The van der Waals surface area contributed by atoms with E-state index in [0.717, 1.165) is 16.9 Å². The van der Waals surface area contributed by atoms with E-state index in [1.165, 1.54) is 0 Å². The monoisotopic (exact) mass is 359 g/mol. The predicted molar refractivity (Wildman–Crippen MR) is 101 cm³/mol. The second-order valence-corrected chi connectivity index (χ2v) is 7.01. The molecule has 26 heavy (non-hydrogen) atoms. The second-order valence-electron chi connectivity index (χ2n) is 7.01. The number of hydrogen-bond donors (Lipinski definition) is 0. The first-order chi connectivity index (χ1) is 12.6. The molecule has 2 nitrogen and oxygen atoms in total. The van der Waals surface area contributed by atoms with Gasteiger partial charge in [0.05, 0.1) is 6.61 Å². The number of alkyl halides is 2. The van der Waals surface area contributed by atoms with Crippen molar-refractivity contribution in [3.63, 3.8) is 0 Å². The summed E-state index contributed by atoms with van der Waals surface area (Å²) in [5.41, 5.74) is 2.20. The van der Waals surface area contributed by atoms with Crippen molar-refractivity contribution in [1.29, 1.82) is 0 Å². The first-order valence-electron chi connectivity index (χ1n) is 9.43. The Morgan fingerprint density at radius 2 is 1.81 bits per heavy atom. The number of halogens is 2. The van der Waals surface area contributed by atoms with Crippen LogP contribution in [0.3, 0.4) is 0 Å². The number of likely N-dealkylation sites (tertiary alicyclic amines) is 1. The minimum atomic E-state index is -2.58. The molecule has 1 heterocycles. The lowest BCUT2D eigenvalue weighted by Crippen LogP contribution is -2.46. The van der Waals surface area contributed by atoms with Crippen molar-refractivity contribution in [3.05, 3.63) is 65.7 Å². The third kappa shape index (κ3) is 4.82. The summed E-state index contributed by atoms with van der Waals surface area (Å²) >= 11 is 0. The average molecular weight is 359 g/mol. The molecule has 0 saturated carbocycles. The molecule has 1 atom stereocenters. The predicted octanol–water partition coefficient (Wildman–Crippen LogP) is 5.18. The van der Waals surface area contributed by atoms with Crippen LogP contribution in [0.15, 0.2) is 54.6 Å². The lowest BCUT2D eigenvalue weighted by molar-refractivity contribution is -0.109. The smallest absolute Gasteiger partial charge is 0.253 e. The van der Waals surface area contributed by atoms with Crippen LogP contribution < -0.4 is 4.74 Å². The average Bonchev–Trinajstić information content (AvgIpc) is 2.65. The van der Waals surface area contributed by atoms with Crippen LogP contribution in [-0.4, -0.2) is 30.5 Å². The van der Waals surface area contributed by atoms with Crippen molar-refractivity contribution in [2.45, 2.75) is 38.7 Å². The lowest BCUT2D eigenvalue weighted by Gasteiger charge is -2.38. The van der Waals surface area contributed by atoms with E-state index >= 15 is 0 Å². The summed E-state index contributed by atoms with van der Waals surface area (Å²) in [5.74, 6) is -2.33. The van der Waals surface area contributed by atoms with Crippen LogP contribution in [0.2, 0.25) is 0 Å². The largest absolute Gasteiger partial charge is 0.494 e. The van der Waals surface area contributed by atoms with Gasteiger partial charge in [-0.05, 0) is 31.4 Å². The van der Waals surface area contributed by atoms with Gasteiger partial charge in [-0.3, -0.25) is 4.90 Å². The Labute approximate surface area is 154 Å². The molecule has 0 aliphatic carbocycles. The van der Waals surface area contributed by atoms with Crippen molar-refractivity contribution in [2.75, 3.05) is 19.7 Å². The van der Waals surface area contributed by atoms with Crippen LogP contribution in [0.4, 0.5) is 8.78 Å². The zero-order chi connectivity index (χ0) is 18.4. The summed E-state index contributed by atoms with van der Waals surface area (Å²) in [5, 5.41) is 0. The Balaban J connectivity index is 1.64. The maximum Gasteiger partial charge on any atom is 0.253 e. The Morgan fingerprint density at radius 1 is 1.08 bits per heavy atom. The Kier molecular flexibility index (Phi) is 6.25. The Bertz CT molecular complexity index is 690. The van der Waals surface area contributed by atoms with E-state index in [1.54, 1.807) is 0 Å². The molecule has 2 aromatic carbocycles. The topological polar surface area (TPSA) is 12.5 Å².